The Morgan fingerprint density at radius 3 is 2.67 bits per heavy atom. The van der Waals surface area contributed by atoms with E-state index in [4.69, 9.17) is 5.11 Å². The van der Waals surface area contributed by atoms with E-state index in [1.54, 1.807) is 0 Å². The SMILES string of the molecule is CO/C=C/CO. The summed E-state index contributed by atoms with van der Waals surface area (Å²) in [5, 5.41) is 8.03. The van der Waals surface area contributed by atoms with Crippen LogP contribution in [-0.4, -0.2) is 18.8 Å². The minimum atomic E-state index is 0.0494. The molecule has 2 nitrogen and oxygen atoms in total. The maximum Gasteiger partial charge on any atom is 0.0807 e. The maximum atomic E-state index is 8.03. The molecular formula is C4H8O2. The number of methoxy groups -OCH3 is 1. The van der Waals surface area contributed by atoms with Gasteiger partial charge in [0.2, 0.25) is 0 Å². The Morgan fingerprint density at radius 1 is 1.83 bits per heavy atom. The van der Waals surface area contributed by atoms with Crippen molar-refractivity contribution in [3.05, 3.63) is 12.3 Å². The van der Waals surface area contributed by atoms with Crippen molar-refractivity contribution in [1.29, 1.82) is 0 Å². The molecule has 0 bridgehead atoms. The van der Waals surface area contributed by atoms with Gasteiger partial charge in [0.1, 0.15) is 0 Å². The second-order valence-corrected chi connectivity index (χ2v) is 0.790. The molecule has 0 aromatic rings. The summed E-state index contributed by atoms with van der Waals surface area (Å²) in [5.41, 5.74) is 0. The molecule has 36 valence electrons. The summed E-state index contributed by atoms with van der Waals surface area (Å²) >= 11 is 0. The van der Waals surface area contributed by atoms with E-state index in [0.717, 1.165) is 0 Å². The molecule has 0 saturated heterocycles. The van der Waals surface area contributed by atoms with Crippen molar-refractivity contribution in [2.24, 2.45) is 0 Å². The van der Waals surface area contributed by atoms with E-state index in [1.165, 1.54) is 19.4 Å². The average Bonchev–Trinajstić information content (AvgIpc) is 1.61. The van der Waals surface area contributed by atoms with Crippen LogP contribution >= 0.6 is 0 Å². The van der Waals surface area contributed by atoms with Gasteiger partial charge in [-0.2, -0.15) is 0 Å². The maximum absolute atomic E-state index is 8.03. The van der Waals surface area contributed by atoms with Crippen LogP contribution in [0.3, 0.4) is 0 Å². The van der Waals surface area contributed by atoms with E-state index in [9.17, 15) is 0 Å². The highest BCUT2D eigenvalue weighted by Crippen LogP contribution is 1.66. The van der Waals surface area contributed by atoms with Gasteiger partial charge in [-0.3, -0.25) is 0 Å². The second kappa shape index (κ2) is 4.50. The number of hydrogen-bond acceptors (Lipinski definition) is 2. The molecule has 0 spiro atoms. The Morgan fingerprint density at radius 2 is 2.50 bits per heavy atom. The van der Waals surface area contributed by atoms with Crippen molar-refractivity contribution >= 4 is 0 Å². The fourth-order valence-electron chi connectivity index (χ4n) is 0.139. The number of rotatable bonds is 2. The van der Waals surface area contributed by atoms with Gasteiger partial charge in [-0.1, -0.05) is 0 Å². The smallest absolute Gasteiger partial charge is 0.0807 e. The highest BCUT2D eigenvalue weighted by Gasteiger charge is 1.59. The van der Waals surface area contributed by atoms with Gasteiger partial charge in [0.05, 0.1) is 20.0 Å². The molecule has 0 amide bonds. The van der Waals surface area contributed by atoms with Crippen LogP contribution < -0.4 is 0 Å². The van der Waals surface area contributed by atoms with E-state index >= 15 is 0 Å². The van der Waals surface area contributed by atoms with Crippen LogP contribution in [0.25, 0.3) is 0 Å². The molecule has 0 unspecified atom stereocenters. The normalized spacial score (nSPS) is 9.67. The van der Waals surface area contributed by atoms with Gasteiger partial charge < -0.3 is 9.84 Å². The van der Waals surface area contributed by atoms with Crippen LogP contribution in [0, 0.1) is 0 Å². The lowest BCUT2D eigenvalue weighted by Crippen LogP contribution is -1.70. The molecule has 0 aliphatic heterocycles. The van der Waals surface area contributed by atoms with Crippen LogP contribution in [0.5, 0.6) is 0 Å². The molecule has 1 N–H and O–H groups in total. The number of aliphatic hydroxyl groups excluding tert-OH is 1. The zero-order valence-corrected chi connectivity index (χ0v) is 3.72. The molecule has 0 aliphatic rings. The third-order valence-corrected chi connectivity index (χ3v) is 0.338. The largest absolute Gasteiger partial charge is 0.505 e. The predicted octanol–water partition coefficient (Wildman–Crippen LogP) is 0.139. The van der Waals surface area contributed by atoms with Gasteiger partial charge in [0.15, 0.2) is 0 Å². The lowest BCUT2D eigenvalue weighted by molar-refractivity contribution is 0.313. The van der Waals surface area contributed by atoms with Crippen molar-refractivity contribution < 1.29 is 9.84 Å². The Kier molecular flexibility index (Phi) is 4.12. The zero-order valence-electron chi connectivity index (χ0n) is 3.72. The van der Waals surface area contributed by atoms with Gasteiger partial charge in [0, 0.05) is 0 Å². The van der Waals surface area contributed by atoms with Crippen LogP contribution in [0.1, 0.15) is 0 Å². The Labute approximate surface area is 37.1 Å². The van der Waals surface area contributed by atoms with Gasteiger partial charge in [-0.25, -0.2) is 0 Å². The summed E-state index contributed by atoms with van der Waals surface area (Å²) < 4.78 is 4.44. The Hall–Kier alpha value is -0.500. The van der Waals surface area contributed by atoms with Crippen LogP contribution in [0.2, 0.25) is 0 Å². The lowest BCUT2D eigenvalue weighted by atomic mass is 10.7. The first kappa shape index (κ1) is 5.50. The molecule has 0 aliphatic carbocycles. The first-order valence-corrected chi connectivity index (χ1v) is 1.70. The molecule has 0 rings (SSSR count). The van der Waals surface area contributed by atoms with Crippen molar-refractivity contribution in [3.8, 4) is 0 Å². The molecule has 2 heteroatoms. The lowest BCUT2D eigenvalue weighted by Gasteiger charge is -1.80. The second-order valence-electron chi connectivity index (χ2n) is 0.790. The van der Waals surface area contributed by atoms with Crippen molar-refractivity contribution in [3.63, 3.8) is 0 Å². The van der Waals surface area contributed by atoms with Gasteiger partial charge >= 0.3 is 0 Å². The molecule has 0 saturated carbocycles. The fourth-order valence-corrected chi connectivity index (χ4v) is 0.139. The van der Waals surface area contributed by atoms with Gasteiger partial charge in [-0.15, -0.1) is 0 Å². The van der Waals surface area contributed by atoms with E-state index < -0.39 is 0 Å². The van der Waals surface area contributed by atoms with E-state index in [2.05, 4.69) is 4.74 Å². The Balaban J connectivity index is 2.73. The summed E-state index contributed by atoms with van der Waals surface area (Å²) in [6, 6.07) is 0. The molecule has 0 radical (unpaired) electrons. The Bertz CT molecular complexity index is 34.8. The molecule has 0 atom stereocenters. The van der Waals surface area contributed by atoms with Crippen LogP contribution in [0.4, 0.5) is 0 Å². The molecular weight excluding hydrogens is 80.0 g/mol. The van der Waals surface area contributed by atoms with Crippen LogP contribution in [-0.2, 0) is 4.74 Å². The number of hydrogen-bond donors (Lipinski definition) is 1. The summed E-state index contributed by atoms with van der Waals surface area (Å²) in [6.45, 7) is 0.0494. The predicted molar refractivity (Wildman–Crippen MR) is 23.2 cm³/mol. The summed E-state index contributed by atoms with van der Waals surface area (Å²) in [4.78, 5) is 0. The highest BCUT2D eigenvalue weighted by atomic mass is 16.5. The van der Waals surface area contributed by atoms with Crippen molar-refractivity contribution in [2.75, 3.05) is 13.7 Å². The van der Waals surface area contributed by atoms with E-state index in [-0.39, 0.29) is 6.61 Å². The monoisotopic (exact) mass is 88.1 g/mol. The van der Waals surface area contributed by atoms with Crippen LogP contribution in [0.15, 0.2) is 12.3 Å². The van der Waals surface area contributed by atoms with Gasteiger partial charge in [0.25, 0.3) is 0 Å². The molecule has 0 aromatic heterocycles. The standard InChI is InChI=1S/C4H8O2/c1-6-4-2-3-5/h2,4-5H,3H2,1H3/b4-2+. The summed E-state index contributed by atoms with van der Waals surface area (Å²) in [7, 11) is 1.53. The highest BCUT2D eigenvalue weighted by molar-refractivity contribution is 4.69. The summed E-state index contributed by atoms with van der Waals surface area (Å²) in [5.74, 6) is 0. The minimum Gasteiger partial charge on any atom is -0.505 e. The fraction of sp³-hybridized carbons (Fsp3) is 0.500. The van der Waals surface area contributed by atoms with E-state index in [0.29, 0.717) is 0 Å². The summed E-state index contributed by atoms with van der Waals surface area (Å²) in [6.07, 6.45) is 2.94. The average molecular weight is 88.1 g/mol. The van der Waals surface area contributed by atoms with Crippen molar-refractivity contribution in [2.45, 2.75) is 0 Å². The first-order valence-electron chi connectivity index (χ1n) is 1.70. The van der Waals surface area contributed by atoms with E-state index in [1.807, 2.05) is 0 Å². The molecule has 0 heterocycles. The quantitative estimate of drug-likeness (QED) is 0.486. The third kappa shape index (κ3) is 3.50. The number of ether oxygens (including phenoxy) is 1. The third-order valence-electron chi connectivity index (χ3n) is 0.338. The number of aliphatic hydroxyl groups is 1. The minimum absolute atomic E-state index is 0.0494. The molecule has 0 fully saturated rings. The molecule has 0 aromatic carbocycles. The zero-order chi connectivity index (χ0) is 4.83. The van der Waals surface area contributed by atoms with Crippen molar-refractivity contribution in [1.82, 2.24) is 0 Å². The molecule has 6 heavy (non-hydrogen) atoms. The topological polar surface area (TPSA) is 29.5 Å². The first-order chi connectivity index (χ1) is 2.91. The van der Waals surface area contributed by atoms with Gasteiger partial charge in [-0.05, 0) is 6.08 Å².